The van der Waals surface area contributed by atoms with Crippen LogP contribution < -0.4 is 15.8 Å². The Bertz CT molecular complexity index is 348. The van der Waals surface area contributed by atoms with Crippen molar-refractivity contribution in [2.24, 2.45) is 0 Å². The van der Waals surface area contributed by atoms with E-state index in [1.807, 2.05) is 13.8 Å². The Morgan fingerprint density at radius 2 is 1.67 bits per heavy atom. The van der Waals surface area contributed by atoms with Crippen LogP contribution in [0.1, 0.15) is 13.8 Å². The lowest BCUT2D eigenvalue weighted by atomic mass is 10.2. The molecule has 0 unspecified atom stereocenters. The fraction of sp³-hybridized carbons (Fsp3) is 0.500. The van der Waals surface area contributed by atoms with Crippen molar-refractivity contribution < 1.29 is 0 Å². The molecule has 66 valence electrons. The summed E-state index contributed by atoms with van der Waals surface area (Å²) in [5, 5.41) is 0.0868. The molecule has 4 heteroatoms. The highest BCUT2D eigenvalue weighted by molar-refractivity contribution is 6.34. The normalized spacial score (nSPS) is 10.6. The van der Waals surface area contributed by atoms with Crippen molar-refractivity contribution in [3.63, 3.8) is 0 Å². The van der Waals surface area contributed by atoms with Gasteiger partial charge in [-0.3, -0.25) is 9.59 Å². The first-order valence-corrected chi connectivity index (χ1v) is 4.25. The van der Waals surface area contributed by atoms with Gasteiger partial charge in [-0.05, 0) is 13.8 Å². The van der Waals surface area contributed by atoms with Gasteiger partial charge in [-0.2, -0.15) is 0 Å². The van der Waals surface area contributed by atoms with Crippen molar-refractivity contribution in [2.75, 3.05) is 18.0 Å². The predicted molar refractivity (Wildman–Crippen MR) is 49.9 cm³/mol. The highest BCUT2D eigenvalue weighted by atomic mass is 35.5. The maximum absolute atomic E-state index is 11.0. The second-order valence-electron chi connectivity index (χ2n) is 2.49. The maximum Gasteiger partial charge on any atom is 0.252 e. The van der Waals surface area contributed by atoms with Crippen molar-refractivity contribution in [1.82, 2.24) is 0 Å². The minimum absolute atomic E-state index is 0.0868. The van der Waals surface area contributed by atoms with Crippen molar-refractivity contribution in [3.05, 3.63) is 25.5 Å². The van der Waals surface area contributed by atoms with Crippen LogP contribution in [0.5, 0.6) is 0 Å². The molecule has 0 saturated heterocycles. The average molecular weight is 188 g/mol. The summed E-state index contributed by atoms with van der Waals surface area (Å²) in [6, 6.07) is 0. The van der Waals surface area contributed by atoms with E-state index in [0.29, 0.717) is 18.8 Å². The monoisotopic (exact) mass is 187 g/mol. The maximum atomic E-state index is 11.0. The molecule has 0 aromatic heterocycles. The molecule has 0 heterocycles. The van der Waals surface area contributed by atoms with Gasteiger partial charge < -0.3 is 4.90 Å². The first kappa shape index (κ1) is 9.26. The van der Waals surface area contributed by atoms with E-state index in [-0.39, 0.29) is 5.02 Å². The van der Waals surface area contributed by atoms with Crippen LogP contribution in [-0.2, 0) is 0 Å². The van der Waals surface area contributed by atoms with Crippen molar-refractivity contribution in [2.45, 2.75) is 13.8 Å². The molecular weight excluding hydrogens is 178 g/mol. The van der Waals surface area contributed by atoms with Gasteiger partial charge in [0.05, 0.1) is 0 Å². The Balaban J connectivity index is 3.05. The van der Waals surface area contributed by atoms with Crippen LogP contribution >= 0.6 is 11.6 Å². The van der Waals surface area contributed by atoms with E-state index in [4.69, 9.17) is 11.6 Å². The van der Waals surface area contributed by atoms with Gasteiger partial charge in [-0.15, -0.1) is 0 Å². The van der Waals surface area contributed by atoms with Crippen molar-refractivity contribution >= 4 is 17.3 Å². The zero-order valence-corrected chi connectivity index (χ0v) is 7.81. The fourth-order valence-corrected chi connectivity index (χ4v) is 1.47. The molecule has 0 radical (unpaired) electrons. The lowest BCUT2D eigenvalue weighted by molar-refractivity contribution is 0.855. The molecule has 3 nitrogen and oxygen atoms in total. The van der Waals surface area contributed by atoms with Crippen LogP contribution in [0.3, 0.4) is 0 Å². The summed E-state index contributed by atoms with van der Waals surface area (Å²) in [4.78, 5) is 23.5. The molecular formula is C8H10ClNO2. The Kier molecular flexibility index (Phi) is 2.52. The molecule has 1 aromatic carbocycles. The Hall–Kier alpha value is -0.830. The number of hydrogen-bond acceptors (Lipinski definition) is 3. The summed E-state index contributed by atoms with van der Waals surface area (Å²) in [5.41, 5.74) is -0.631. The molecule has 1 aromatic rings. The number of halogens is 1. The highest BCUT2D eigenvalue weighted by Crippen LogP contribution is 2.18. The number of hydrogen-bond donors (Lipinski definition) is 0. The van der Waals surface area contributed by atoms with Crippen LogP contribution in [0.2, 0.25) is 5.02 Å². The number of anilines is 1. The lowest BCUT2D eigenvalue weighted by Gasteiger charge is -2.22. The Labute approximate surface area is 75.3 Å². The topological polar surface area (TPSA) is 37.4 Å². The largest absolute Gasteiger partial charge is 0.367 e. The molecule has 0 saturated carbocycles. The van der Waals surface area contributed by atoms with Crippen LogP contribution in [0.15, 0.2) is 9.59 Å². The van der Waals surface area contributed by atoms with E-state index in [9.17, 15) is 9.59 Å². The minimum Gasteiger partial charge on any atom is -0.367 e. The van der Waals surface area contributed by atoms with E-state index >= 15 is 0 Å². The zero-order valence-electron chi connectivity index (χ0n) is 7.06. The molecule has 0 aliphatic heterocycles. The third kappa shape index (κ3) is 1.14. The molecule has 0 bridgehead atoms. The Morgan fingerprint density at radius 3 is 2.00 bits per heavy atom. The SMILES string of the molecule is CCN(CC)c1c(Cl)c(=O)c1=O. The van der Waals surface area contributed by atoms with Gasteiger partial charge in [0.2, 0.25) is 5.43 Å². The molecule has 0 fully saturated rings. The van der Waals surface area contributed by atoms with Crippen molar-refractivity contribution in [1.29, 1.82) is 0 Å². The molecule has 0 N–H and O–H groups in total. The first-order chi connectivity index (χ1) is 5.63. The molecule has 0 amide bonds. The smallest absolute Gasteiger partial charge is 0.252 e. The molecule has 0 spiro atoms. The molecule has 0 atom stereocenters. The van der Waals surface area contributed by atoms with Gasteiger partial charge in [0, 0.05) is 13.1 Å². The van der Waals surface area contributed by atoms with Gasteiger partial charge in [-0.25, -0.2) is 0 Å². The van der Waals surface area contributed by atoms with Crippen molar-refractivity contribution in [3.8, 4) is 0 Å². The van der Waals surface area contributed by atoms with Crippen LogP contribution in [0, 0.1) is 0 Å². The summed E-state index contributed by atoms with van der Waals surface area (Å²) < 4.78 is 0. The average Bonchev–Trinajstić information content (AvgIpc) is 2.12. The zero-order chi connectivity index (χ0) is 9.30. The predicted octanol–water partition coefficient (Wildman–Crippen LogP) is 0.782. The van der Waals surface area contributed by atoms with E-state index in [1.54, 1.807) is 4.90 Å². The van der Waals surface area contributed by atoms with E-state index in [2.05, 4.69) is 0 Å². The number of nitrogens with zero attached hydrogens (tertiary/aromatic N) is 1. The summed E-state index contributed by atoms with van der Waals surface area (Å²) in [5.74, 6) is 0. The summed E-state index contributed by atoms with van der Waals surface area (Å²) in [6.07, 6.45) is 0. The number of rotatable bonds is 3. The Morgan fingerprint density at radius 1 is 1.17 bits per heavy atom. The molecule has 12 heavy (non-hydrogen) atoms. The van der Waals surface area contributed by atoms with Crippen LogP contribution in [-0.4, -0.2) is 13.1 Å². The summed E-state index contributed by atoms with van der Waals surface area (Å²) in [7, 11) is 0. The fourth-order valence-electron chi connectivity index (χ4n) is 1.17. The highest BCUT2D eigenvalue weighted by Gasteiger charge is 2.22. The first-order valence-electron chi connectivity index (χ1n) is 3.87. The van der Waals surface area contributed by atoms with Gasteiger partial charge >= 0.3 is 0 Å². The lowest BCUT2D eigenvalue weighted by Crippen LogP contribution is -2.40. The van der Waals surface area contributed by atoms with E-state index in [1.165, 1.54) is 0 Å². The second kappa shape index (κ2) is 3.27. The van der Waals surface area contributed by atoms with Gasteiger partial charge in [0.1, 0.15) is 10.7 Å². The van der Waals surface area contributed by atoms with Crippen LogP contribution in [0.25, 0.3) is 0 Å². The second-order valence-corrected chi connectivity index (χ2v) is 2.87. The summed E-state index contributed by atoms with van der Waals surface area (Å²) >= 11 is 5.58. The van der Waals surface area contributed by atoms with Crippen LogP contribution in [0.4, 0.5) is 5.69 Å². The third-order valence-corrected chi connectivity index (χ3v) is 2.26. The molecule has 1 rings (SSSR count). The summed E-state index contributed by atoms with van der Waals surface area (Å²) in [6.45, 7) is 5.22. The van der Waals surface area contributed by atoms with Gasteiger partial charge in [0.15, 0.2) is 0 Å². The van der Waals surface area contributed by atoms with E-state index in [0.717, 1.165) is 0 Å². The third-order valence-electron chi connectivity index (χ3n) is 1.91. The standard InChI is InChI=1S/C8H10ClNO2/c1-3-10(4-2)6-5(9)7(11)8(6)12/h3-4H2,1-2H3. The van der Waals surface area contributed by atoms with Gasteiger partial charge in [-0.1, -0.05) is 11.6 Å². The molecule has 0 aliphatic rings. The quantitative estimate of drug-likeness (QED) is 0.657. The minimum atomic E-state index is -0.557. The molecule has 0 aliphatic carbocycles. The van der Waals surface area contributed by atoms with Gasteiger partial charge in [0.25, 0.3) is 5.43 Å². The van der Waals surface area contributed by atoms with E-state index < -0.39 is 10.9 Å².